The van der Waals surface area contributed by atoms with Crippen LogP contribution in [0.5, 0.6) is 0 Å². The highest BCUT2D eigenvalue weighted by Crippen LogP contribution is 2.35. The summed E-state index contributed by atoms with van der Waals surface area (Å²) >= 11 is 6.17. The lowest BCUT2D eigenvalue weighted by Crippen LogP contribution is -2.39. The van der Waals surface area contributed by atoms with Gasteiger partial charge in [-0.05, 0) is 69.0 Å². The van der Waals surface area contributed by atoms with E-state index in [2.05, 4.69) is 0 Å². The Bertz CT molecular complexity index is 1170. The number of amides is 1. The van der Waals surface area contributed by atoms with Crippen LogP contribution in [0.1, 0.15) is 50.5 Å². The van der Waals surface area contributed by atoms with Crippen LogP contribution in [0.2, 0.25) is 5.02 Å². The number of para-hydroxylation sites is 1. The molecule has 3 aromatic rings. The van der Waals surface area contributed by atoms with Crippen LogP contribution >= 0.6 is 11.6 Å². The molecule has 2 aromatic carbocycles. The van der Waals surface area contributed by atoms with Crippen LogP contribution in [0, 0.1) is 12.8 Å². The summed E-state index contributed by atoms with van der Waals surface area (Å²) in [7, 11) is 0. The van der Waals surface area contributed by atoms with Gasteiger partial charge in [-0.2, -0.15) is 0 Å². The molecule has 1 saturated carbocycles. The third-order valence-electron chi connectivity index (χ3n) is 5.81. The molecule has 1 aromatic heterocycles. The molecule has 4 rings (SSSR count). The van der Waals surface area contributed by atoms with E-state index in [1.165, 1.54) is 0 Å². The predicted molar refractivity (Wildman–Crippen MR) is 120 cm³/mol. The van der Waals surface area contributed by atoms with Gasteiger partial charge in [0.2, 0.25) is 5.91 Å². The van der Waals surface area contributed by atoms with Crippen molar-refractivity contribution >= 4 is 28.4 Å². The summed E-state index contributed by atoms with van der Waals surface area (Å²) in [5.74, 6) is 0.866. The van der Waals surface area contributed by atoms with Crippen molar-refractivity contribution in [2.75, 3.05) is 6.54 Å². The summed E-state index contributed by atoms with van der Waals surface area (Å²) < 4.78 is 1.67. The number of benzene rings is 2. The molecule has 0 bridgehead atoms. The molecular formula is C24H26ClN3O2. The van der Waals surface area contributed by atoms with Crippen LogP contribution in [0.25, 0.3) is 16.6 Å². The molecule has 1 aliphatic rings. The van der Waals surface area contributed by atoms with Crippen LogP contribution in [0.4, 0.5) is 0 Å². The van der Waals surface area contributed by atoms with Crippen molar-refractivity contribution in [2.24, 2.45) is 5.92 Å². The highest BCUT2D eigenvalue weighted by Gasteiger charge is 2.37. The van der Waals surface area contributed by atoms with Gasteiger partial charge >= 0.3 is 0 Å². The van der Waals surface area contributed by atoms with Crippen LogP contribution in [-0.2, 0) is 4.79 Å². The van der Waals surface area contributed by atoms with Gasteiger partial charge in [0.25, 0.3) is 5.56 Å². The SMILES string of the molecule is CCC(c1nc2ccccc2c(=O)n1-c1ccc(Cl)cc1C)N(CC)C(=O)C1CC1. The third-order valence-corrected chi connectivity index (χ3v) is 6.05. The quantitative estimate of drug-likeness (QED) is 0.557. The monoisotopic (exact) mass is 423 g/mol. The summed E-state index contributed by atoms with van der Waals surface area (Å²) in [5, 5.41) is 1.17. The second-order valence-electron chi connectivity index (χ2n) is 7.88. The van der Waals surface area contributed by atoms with Crippen molar-refractivity contribution in [3.63, 3.8) is 0 Å². The van der Waals surface area contributed by atoms with Gasteiger partial charge in [-0.3, -0.25) is 14.2 Å². The van der Waals surface area contributed by atoms with Gasteiger partial charge < -0.3 is 4.90 Å². The van der Waals surface area contributed by atoms with Gasteiger partial charge in [-0.25, -0.2) is 4.98 Å². The Morgan fingerprint density at radius 1 is 1.23 bits per heavy atom. The fourth-order valence-electron chi connectivity index (χ4n) is 4.11. The number of rotatable bonds is 6. The fraction of sp³-hybridized carbons (Fsp3) is 0.375. The van der Waals surface area contributed by atoms with Gasteiger partial charge in [-0.15, -0.1) is 0 Å². The van der Waals surface area contributed by atoms with Crippen LogP contribution in [-0.4, -0.2) is 26.9 Å². The Kier molecular flexibility index (Phi) is 5.65. The number of nitrogens with zero attached hydrogens (tertiary/aromatic N) is 3. The van der Waals surface area contributed by atoms with Gasteiger partial charge in [0.1, 0.15) is 5.82 Å². The minimum atomic E-state index is -0.282. The molecule has 1 unspecified atom stereocenters. The van der Waals surface area contributed by atoms with Crippen LogP contribution in [0.15, 0.2) is 47.3 Å². The fourth-order valence-corrected chi connectivity index (χ4v) is 4.34. The highest BCUT2D eigenvalue weighted by atomic mass is 35.5. The van der Waals surface area contributed by atoms with Gasteiger partial charge in [-0.1, -0.05) is 30.7 Å². The minimum Gasteiger partial charge on any atom is -0.333 e. The lowest BCUT2D eigenvalue weighted by molar-refractivity contribution is -0.135. The first-order valence-electron chi connectivity index (χ1n) is 10.5. The standard InChI is InChI=1S/C24H26ClN3O2/c1-4-20(27(5-2)23(29)16-10-11-16)22-26-19-9-7-6-8-18(19)24(30)28(22)21-13-12-17(25)14-15(21)3/h6-9,12-14,16,20H,4-5,10-11H2,1-3H3. The number of fused-ring (bicyclic) bond motifs is 1. The van der Waals surface area contributed by atoms with Gasteiger partial charge in [0.05, 0.1) is 22.6 Å². The maximum absolute atomic E-state index is 13.6. The number of aromatic nitrogens is 2. The van der Waals surface area contributed by atoms with Crippen molar-refractivity contribution < 1.29 is 4.79 Å². The van der Waals surface area contributed by atoms with E-state index < -0.39 is 0 Å². The van der Waals surface area contributed by atoms with E-state index in [9.17, 15) is 9.59 Å². The van der Waals surface area contributed by atoms with Crippen LogP contribution in [0.3, 0.4) is 0 Å². The molecule has 0 spiro atoms. The normalized spacial score (nSPS) is 14.7. The molecule has 1 heterocycles. The molecule has 5 nitrogen and oxygen atoms in total. The molecule has 0 radical (unpaired) electrons. The van der Waals surface area contributed by atoms with Crippen molar-refractivity contribution in [1.82, 2.24) is 14.5 Å². The van der Waals surface area contributed by atoms with Gasteiger partial charge in [0, 0.05) is 17.5 Å². The van der Waals surface area contributed by atoms with E-state index in [4.69, 9.17) is 16.6 Å². The molecule has 30 heavy (non-hydrogen) atoms. The predicted octanol–water partition coefficient (Wildman–Crippen LogP) is 5.06. The molecule has 0 saturated heterocycles. The summed E-state index contributed by atoms with van der Waals surface area (Å²) in [6, 6.07) is 12.6. The Labute approximate surface area is 181 Å². The molecule has 6 heteroatoms. The summed E-state index contributed by atoms with van der Waals surface area (Å²) in [6.45, 7) is 6.53. The average Bonchev–Trinajstić information content (AvgIpc) is 3.58. The maximum Gasteiger partial charge on any atom is 0.266 e. The lowest BCUT2D eigenvalue weighted by Gasteiger charge is -2.32. The van der Waals surface area contributed by atoms with Crippen molar-refractivity contribution in [2.45, 2.75) is 46.1 Å². The first-order valence-corrected chi connectivity index (χ1v) is 10.9. The Hall–Kier alpha value is -2.66. The summed E-state index contributed by atoms with van der Waals surface area (Å²) in [5.41, 5.74) is 2.14. The lowest BCUT2D eigenvalue weighted by atomic mass is 10.1. The van der Waals surface area contributed by atoms with E-state index in [0.29, 0.717) is 34.7 Å². The van der Waals surface area contributed by atoms with E-state index >= 15 is 0 Å². The Morgan fingerprint density at radius 2 is 1.97 bits per heavy atom. The Morgan fingerprint density at radius 3 is 2.60 bits per heavy atom. The average molecular weight is 424 g/mol. The molecule has 1 fully saturated rings. The minimum absolute atomic E-state index is 0.108. The molecule has 1 amide bonds. The van der Waals surface area contributed by atoms with Crippen molar-refractivity contribution in [3.05, 3.63) is 69.2 Å². The van der Waals surface area contributed by atoms with E-state index in [0.717, 1.165) is 24.1 Å². The number of carbonyl (C=O) groups is 1. The number of hydrogen-bond acceptors (Lipinski definition) is 3. The molecule has 1 atom stereocenters. The zero-order chi connectivity index (χ0) is 21.4. The number of hydrogen-bond donors (Lipinski definition) is 0. The number of carbonyl (C=O) groups excluding carboxylic acids is 1. The van der Waals surface area contributed by atoms with Crippen LogP contribution < -0.4 is 5.56 Å². The summed E-state index contributed by atoms with van der Waals surface area (Å²) in [4.78, 5) is 33.4. The molecule has 0 N–H and O–H groups in total. The van der Waals surface area contributed by atoms with Crippen molar-refractivity contribution in [1.29, 1.82) is 0 Å². The smallest absolute Gasteiger partial charge is 0.266 e. The molecular weight excluding hydrogens is 398 g/mol. The molecule has 156 valence electrons. The number of halogens is 1. The topological polar surface area (TPSA) is 55.2 Å². The largest absolute Gasteiger partial charge is 0.333 e. The second kappa shape index (κ2) is 8.23. The Balaban J connectivity index is 1.99. The molecule has 0 aliphatic heterocycles. The first-order chi connectivity index (χ1) is 14.5. The van der Waals surface area contributed by atoms with E-state index in [-0.39, 0.29) is 23.4 Å². The highest BCUT2D eigenvalue weighted by molar-refractivity contribution is 6.30. The molecule has 1 aliphatic carbocycles. The van der Waals surface area contributed by atoms with Gasteiger partial charge in [0.15, 0.2) is 0 Å². The third kappa shape index (κ3) is 3.63. The van der Waals surface area contributed by atoms with E-state index in [1.807, 2.05) is 56.0 Å². The maximum atomic E-state index is 13.6. The first kappa shape index (κ1) is 20.6. The summed E-state index contributed by atoms with van der Waals surface area (Å²) in [6.07, 6.45) is 2.56. The number of aryl methyl sites for hydroxylation is 1. The van der Waals surface area contributed by atoms with Crippen molar-refractivity contribution in [3.8, 4) is 5.69 Å². The zero-order valence-electron chi connectivity index (χ0n) is 17.6. The second-order valence-corrected chi connectivity index (χ2v) is 8.32. The van der Waals surface area contributed by atoms with E-state index in [1.54, 1.807) is 16.7 Å². The zero-order valence-corrected chi connectivity index (χ0v) is 18.3.